The molecule has 0 fully saturated rings. The van der Waals surface area contributed by atoms with Crippen LogP contribution in [0.3, 0.4) is 0 Å². The van der Waals surface area contributed by atoms with Crippen LogP contribution in [-0.2, 0) is 6.54 Å². The van der Waals surface area contributed by atoms with E-state index in [0.29, 0.717) is 6.61 Å². The van der Waals surface area contributed by atoms with E-state index in [-0.39, 0.29) is 6.54 Å². The zero-order valence-electron chi connectivity index (χ0n) is 9.68. The maximum absolute atomic E-state index is 11.9. The molecular weight excluding hydrogens is 231 g/mol. The summed E-state index contributed by atoms with van der Waals surface area (Å²) in [4.78, 5) is 0. The molecule has 0 heterocycles. The summed E-state index contributed by atoms with van der Waals surface area (Å²) in [5.74, 6) is 0.742. The van der Waals surface area contributed by atoms with Crippen LogP contribution in [0.15, 0.2) is 24.3 Å². The van der Waals surface area contributed by atoms with Gasteiger partial charge in [-0.3, -0.25) is 0 Å². The second-order valence-corrected chi connectivity index (χ2v) is 3.71. The summed E-state index contributed by atoms with van der Waals surface area (Å²) in [6.45, 7) is 1.88. The number of alkyl halides is 3. The molecule has 0 amide bonds. The summed E-state index contributed by atoms with van der Waals surface area (Å²) >= 11 is 0. The standard InChI is InChI=1S/C12H16F3NO/c1-2-7-17-11-5-3-10(4-6-11)8-16-9-12(13,14)15/h3-6,16H,2,7-9H2,1H3. The van der Waals surface area contributed by atoms with Crippen molar-refractivity contribution in [1.82, 2.24) is 5.32 Å². The molecule has 0 aromatic heterocycles. The van der Waals surface area contributed by atoms with Gasteiger partial charge in [0.15, 0.2) is 0 Å². The van der Waals surface area contributed by atoms with Crippen LogP contribution in [0.25, 0.3) is 0 Å². The van der Waals surface area contributed by atoms with Crippen molar-refractivity contribution in [2.45, 2.75) is 26.1 Å². The van der Waals surface area contributed by atoms with E-state index in [1.54, 1.807) is 24.3 Å². The van der Waals surface area contributed by atoms with Gasteiger partial charge in [-0.1, -0.05) is 19.1 Å². The summed E-state index contributed by atoms with van der Waals surface area (Å²) in [6, 6.07) is 7.04. The van der Waals surface area contributed by atoms with E-state index < -0.39 is 12.7 Å². The molecule has 0 aliphatic carbocycles. The second-order valence-electron chi connectivity index (χ2n) is 3.71. The fourth-order valence-corrected chi connectivity index (χ4v) is 1.27. The van der Waals surface area contributed by atoms with Crippen molar-refractivity contribution < 1.29 is 17.9 Å². The minimum absolute atomic E-state index is 0.202. The van der Waals surface area contributed by atoms with Gasteiger partial charge in [-0.2, -0.15) is 13.2 Å². The molecule has 1 rings (SSSR count). The molecule has 1 aromatic carbocycles. The fraction of sp³-hybridized carbons (Fsp3) is 0.500. The van der Waals surface area contributed by atoms with Crippen LogP contribution < -0.4 is 10.1 Å². The molecule has 0 aliphatic heterocycles. The Labute approximate surface area is 98.8 Å². The van der Waals surface area contributed by atoms with Crippen LogP contribution in [0, 0.1) is 0 Å². The Hall–Kier alpha value is -1.23. The summed E-state index contributed by atoms with van der Waals surface area (Å²) in [5, 5.41) is 2.34. The molecule has 0 saturated heterocycles. The first kappa shape index (κ1) is 13.8. The maximum Gasteiger partial charge on any atom is 0.401 e. The number of hydrogen-bond acceptors (Lipinski definition) is 2. The van der Waals surface area contributed by atoms with E-state index in [2.05, 4.69) is 5.32 Å². The highest BCUT2D eigenvalue weighted by Crippen LogP contribution is 2.14. The third-order valence-corrected chi connectivity index (χ3v) is 2.05. The SMILES string of the molecule is CCCOc1ccc(CNCC(F)(F)F)cc1. The number of ether oxygens (including phenoxy) is 1. The zero-order valence-corrected chi connectivity index (χ0v) is 9.68. The number of halogens is 3. The number of rotatable bonds is 6. The molecule has 1 aromatic rings. The molecule has 0 radical (unpaired) electrons. The Morgan fingerprint density at radius 2 is 1.82 bits per heavy atom. The minimum atomic E-state index is -4.16. The van der Waals surface area contributed by atoms with Gasteiger partial charge in [0.25, 0.3) is 0 Å². The number of benzene rings is 1. The lowest BCUT2D eigenvalue weighted by atomic mass is 10.2. The maximum atomic E-state index is 11.9. The van der Waals surface area contributed by atoms with Crippen LogP contribution in [0.4, 0.5) is 13.2 Å². The van der Waals surface area contributed by atoms with E-state index in [9.17, 15) is 13.2 Å². The van der Waals surface area contributed by atoms with Gasteiger partial charge < -0.3 is 10.1 Å². The first-order valence-corrected chi connectivity index (χ1v) is 5.50. The number of hydrogen-bond donors (Lipinski definition) is 1. The molecule has 0 aliphatic rings. The highest BCUT2D eigenvalue weighted by atomic mass is 19.4. The minimum Gasteiger partial charge on any atom is -0.494 e. The predicted octanol–water partition coefficient (Wildman–Crippen LogP) is 3.13. The van der Waals surface area contributed by atoms with Crippen LogP contribution in [-0.4, -0.2) is 19.3 Å². The van der Waals surface area contributed by atoms with Gasteiger partial charge in [-0.25, -0.2) is 0 Å². The van der Waals surface area contributed by atoms with Gasteiger partial charge in [0.1, 0.15) is 5.75 Å². The molecule has 17 heavy (non-hydrogen) atoms. The third-order valence-electron chi connectivity index (χ3n) is 2.05. The van der Waals surface area contributed by atoms with Crippen molar-refractivity contribution in [1.29, 1.82) is 0 Å². The lowest BCUT2D eigenvalue weighted by molar-refractivity contribution is -0.125. The number of nitrogens with one attached hydrogen (secondary N) is 1. The van der Waals surface area contributed by atoms with E-state index in [4.69, 9.17) is 4.74 Å². The Bertz CT molecular complexity index is 322. The smallest absolute Gasteiger partial charge is 0.401 e. The lowest BCUT2D eigenvalue weighted by Gasteiger charge is -2.09. The van der Waals surface area contributed by atoms with Crippen molar-refractivity contribution in [3.63, 3.8) is 0 Å². The van der Waals surface area contributed by atoms with Crippen LogP contribution >= 0.6 is 0 Å². The molecule has 96 valence electrons. The normalized spacial score (nSPS) is 11.5. The molecule has 2 nitrogen and oxygen atoms in total. The quantitative estimate of drug-likeness (QED) is 0.833. The third kappa shape index (κ3) is 6.16. The first-order valence-electron chi connectivity index (χ1n) is 5.50. The van der Waals surface area contributed by atoms with Crippen LogP contribution in [0.5, 0.6) is 5.75 Å². The molecule has 0 unspecified atom stereocenters. The van der Waals surface area contributed by atoms with Gasteiger partial charge in [-0.15, -0.1) is 0 Å². The van der Waals surface area contributed by atoms with Gasteiger partial charge in [0.05, 0.1) is 13.2 Å². The molecule has 0 atom stereocenters. The van der Waals surface area contributed by atoms with Gasteiger partial charge >= 0.3 is 6.18 Å². The summed E-state index contributed by atoms with van der Waals surface area (Å²) in [5.41, 5.74) is 0.804. The summed E-state index contributed by atoms with van der Waals surface area (Å²) in [6.07, 6.45) is -3.24. The molecular formula is C12H16F3NO. The highest BCUT2D eigenvalue weighted by molar-refractivity contribution is 5.27. The Balaban J connectivity index is 2.35. The van der Waals surface area contributed by atoms with Crippen LogP contribution in [0.1, 0.15) is 18.9 Å². The molecule has 0 spiro atoms. The van der Waals surface area contributed by atoms with Crippen molar-refractivity contribution in [2.24, 2.45) is 0 Å². The van der Waals surface area contributed by atoms with Crippen molar-refractivity contribution in [2.75, 3.05) is 13.2 Å². The highest BCUT2D eigenvalue weighted by Gasteiger charge is 2.25. The monoisotopic (exact) mass is 247 g/mol. The van der Waals surface area contributed by atoms with Gasteiger partial charge in [-0.05, 0) is 24.1 Å². The summed E-state index contributed by atoms with van der Waals surface area (Å²) in [7, 11) is 0. The van der Waals surface area contributed by atoms with Crippen molar-refractivity contribution in [3.8, 4) is 5.75 Å². The van der Waals surface area contributed by atoms with Gasteiger partial charge in [0, 0.05) is 6.54 Å². The Kier molecular flexibility index (Phi) is 5.28. The fourth-order valence-electron chi connectivity index (χ4n) is 1.27. The first-order chi connectivity index (χ1) is 8.01. The topological polar surface area (TPSA) is 21.3 Å². The lowest BCUT2D eigenvalue weighted by Crippen LogP contribution is -2.28. The average Bonchev–Trinajstić information content (AvgIpc) is 2.26. The van der Waals surface area contributed by atoms with Crippen molar-refractivity contribution >= 4 is 0 Å². The molecule has 0 bridgehead atoms. The van der Waals surface area contributed by atoms with Crippen LogP contribution in [0.2, 0.25) is 0 Å². The summed E-state index contributed by atoms with van der Waals surface area (Å²) < 4.78 is 41.0. The predicted molar refractivity (Wildman–Crippen MR) is 60.0 cm³/mol. The Morgan fingerprint density at radius 3 is 2.35 bits per heavy atom. The molecule has 5 heteroatoms. The average molecular weight is 247 g/mol. The largest absolute Gasteiger partial charge is 0.494 e. The van der Waals surface area contributed by atoms with E-state index in [0.717, 1.165) is 17.7 Å². The van der Waals surface area contributed by atoms with Gasteiger partial charge in [0.2, 0.25) is 0 Å². The molecule has 0 saturated carbocycles. The Morgan fingerprint density at radius 1 is 1.18 bits per heavy atom. The molecule has 1 N–H and O–H groups in total. The van der Waals surface area contributed by atoms with E-state index in [1.165, 1.54) is 0 Å². The van der Waals surface area contributed by atoms with E-state index >= 15 is 0 Å². The second kappa shape index (κ2) is 6.49. The zero-order chi connectivity index (χ0) is 12.7. The van der Waals surface area contributed by atoms with Crippen molar-refractivity contribution in [3.05, 3.63) is 29.8 Å². The van der Waals surface area contributed by atoms with E-state index in [1.807, 2.05) is 6.92 Å².